The fourth-order valence-electron chi connectivity index (χ4n) is 3.11. The van der Waals surface area contributed by atoms with Crippen LogP contribution in [0.25, 0.3) is 22.0 Å². The van der Waals surface area contributed by atoms with E-state index in [4.69, 9.17) is 4.74 Å². The second-order valence-electron chi connectivity index (χ2n) is 6.19. The molecular formula is C21H23N3O3. The summed E-state index contributed by atoms with van der Waals surface area (Å²) in [4.78, 5) is 17.6. The van der Waals surface area contributed by atoms with Crippen molar-refractivity contribution in [3.8, 4) is 16.9 Å². The van der Waals surface area contributed by atoms with Crippen LogP contribution in [0, 0.1) is 10.1 Å². The lowest BCUT2D eigenvalue weighted by Crippen LogP contribution is -2.28. The fraction of sp³-hybridized carbons (Fsp3) is 0.286. The Morgan fingerprint density at radius 3 is 2.59 bits per heavy atom. The SMILES string of the molecule is CCN(CC)CCOc1cc([N+](=O)[O-])ccc1-c1cccc2cccnc12. The van der Waals surface area contributed by atoms with Crippen molar-refractivity contribution in [3.63, 3.8) is 0 Å². The Labute approximate surface area is 158 Å². The van der Waals surface area contributed by atoms with Crippen molar-refractivity contribution in [2.45, 2.75) is 13.8 Å². The van der Waals surface area contributed by atoms with Gasteiger partial charge >= 0.3 is 0 Å². The molecule has 0 unspecified atom stereocenters. The van der Waals surface area contributed by atoms with Gasteiger partial charge < -0.3 is 9.64 Å². The lowest BCUT2D eigenvalue weighted by atomic mass is 10.0. The van der Waals surface area contributed by atoms with Gasteiger partial charge in [-0.25, -0.2) is 0 Å². The molecule has 0 aliphatic carbocycles. The largest absolute Gasteiger partial charge is 0.491 e. The highest BCUT2D eigenvalue weighted by Gasteiger charge is 2.16. The average Bonchev–Trinajstić information content (AvgIpc) is 2.70. The summed E-state index contributed by atoms with van der Waals surface area (Å²) in [5.41, 5.74) is 2.58. The summed E-state index contributed by atoms with van der Waals surface area (Å²) in [7, 11) is 0. The molecule has 6 nitrogen and oxygen atoms in total. The maximum Gasteiger partial charge on any atom is 0.273 e. The van der Waals surface area contributed by atoms with Gasteiger partial charge in [-0.2, -0.15) is 0 Å². The van der Waals surface area contributed by atoms with Crippen LogP contribution in [0.3, 0.4) is 0 Å². The molecule has 0 fully saturated rings. The molecule has 0 saturated carbocycles. The molecule has 0 radical (unpaired) electrons. The molecule has 27 heavy (non-hydrogen) atoms. The first-order valence-corrected chi connectivity index (χ1v) is 9.11. The van der Waals surface area contributed by atoms with Crippen molar-refractivity contribution < 1.29 is 9.66 Å². The number of likely N-dealkylation sites (N-methyl/N-ethyl adjacent to an activating group) is 1. The molecule has 0 aliphatic rings. The molecule has 140 valence electrons. The van der Waals surface area contributed by atoms with E-state index in [0.29, 0.717) is 12.4 Å². The van der Waals surface area contributed by atoms with E-state index >= 15 is 0 Å². The second-order valence-corrected chi connectivity index (χ2v) is 6.19. The van der Waals surface area contributed by atoms with E-state index in [9.17, 15) is 10.1 Å². The third-order valence-corrected chi connectivity index (χ3v) is 4.66. The third-order valence-electron chi connectivity index (χ3n) is 4.66. The highest BCUT2D eigenvalue weighted by atomic mass is 16.6. The number of pyridine rings is 1. The van der Waals surface area contributed by atoms with E-state index in [2.05, 4.69) is 23.7 Å². The molecule has 0 N–H and O–H groups in total. The van der Waals surface area contributed by atoms with Crippen molar-refractivity contribution in [2.75, 3.05) is 26.2 Å². The molecule has 6 heteroatoms. The number of para-hydroxylation sites is 1. The Bertz CT molecular complexity index is 934. The molecule has 0 spiro atoms. The first kappa shape index (κ1) is 18.8. The summed E-state index contributed by atoms with van der Waals surface area (Å²) in [5.74, 6) is 0.509. The van der Waals surface area contributed by atoms with Crippen molar-refractivity contribution in [3.05, 3.63) is 64.8 Å². The van der Waals surface area contributed by atoms with Crippen LogP contribution in [0.5, 0.6) is 5.75 Å². The van der Waals surface area contributed by atoms with E-state index in [0.717, 1.165) is 41.7 Å². The molecule has 2 aromatic carbocycles. The summed E-state index contributed by atoms with van der Waals surface area (Å²) in [6.07, 6.45) is 1.75. The van der Waals surface area contributed by atoms with E-state index in [-0.39, 0.29) is 5.69 Å². The van der Waals surface area contributed by atoms with Gasteiger partial charge in [0, 0.05) is 35.3 Å². The maximum absolute atomic E-state index is 11.2. The molecule has 0 aliphatic heterocycles. The number of nitrogens with zero attached hydrogens (tertiary/aromatic N) is 3. The topological polar surface area (TPSA) is 68.5 Å². The van der Waals surface area contributed by atoms with Crippen molar-refractivity contribution in [1.82, 2.24) is 9.88 Å². The first-order valence-electron chi connectivity index (χ1n) is 9.11. The highest BCUT2D eigenvalue weighted by molar-refractivity contribution is 5.95. The summed E-state index contributed by atoms with van der Waals surface area (Å²) in [5, 5.41) is 12.2. The molecule has 0 saturated heterocycles. The predicted octanol–water partition coefficient (Wildman–Crippen LogP) is 4.53. The number of aromatic nitrogens is 1. The van der Waals surface area contributed by atoms with Crippen LogP contribution in [0.2, 0.25) is 0 Å². The zero-order chi connectivity index (χ0) is 19.2. The molecule has 0 atom stereocenters. The van der Waals surface area contributed by atoms with Gasteiger partial charge in [-0.15, -0.1) is 0 Å². The van der Waals surface area contributed by atoms with Gasteiger partial charge in [0.1, 0.15) is 12.4 Å². The molecule has 0 amide bonds. The highest BCUT2D eigenvalue weighted by Crippen LogP contribution is 2.36. The predicted molar refractivity (Wildman–Crippen MR) is 107 cm³/mol. The van der Waals surface area contributed by atoms with Crippen molar-refractivity contribution >= 4 is 16.6 Å². The smallest absolute Gasteiger partial charge is 0.273 e. The first-order chi connectivity index (χ1) is 13.1. The zero-order valence-electron chi connectivity index (χ0n) is 15.6. The van der Waals surface area contributed by atoms with E-state index in [1.54, 1.807) is 12.3 Å². The Morgan fingerprint density at radius 2 is 1.85 bits per heavy atom. The second kappa shape index (κ2) is 8.60. The van der Waals surface area contributed by atoms with Crippen LogP contribution < -0.4 is 4.74 Å². The fourth-order valence-corrected chi connectivity index (χ4v) is 3.11. The minimum atomic E-state index is -0.400. The normalized spacial score (nSPS) is 11.1. The number of non-ortho nitro benzene ring substituents is 1. The molecule has 1 aromatic heterocycles. The molecular weight excluding hydrogens is 342 g/mol. The van der Waals surface area contributed by atoms with Gasteiger partial charge in [0.25, 0.3) is 5.69 Å². The number of hydrogen-bond acceptors (Lipinski definition) is 5. The Balaban J connectivity index is 2.00. The summed E-state index contributed by atoms with van der Waals surface area (Å²) < 4.78 is 5.99. The molecule has 1 heterocycles. The quantitative estimate of drug-likeness (QED) is 0.433. The minimum Gasteiger partial charge on any atom is -0.491 e. The number of nitro groups is 1. The van der Waals surface area contributed by atoms with Gasteiger partial charge in [-0.05, 0) is 25.2 Å². The van der Waals surface area contributed by atoms with Gasteiger partial charge in [-0.1, -0.05) is 38.1 Å². The average molecular weight is 365 g/mol. The lowest BCUT2D eigenvalue weighted by molar-refractivity contribution is -0.384. The van der Waals surface area contributed by atoms with E-state index in [1.807, 2.05) is 30.3 Å². The van der Waals surface area contributed by atoms with E-state index in [1.165, 1.54) is 12.1 Å². The van der Waals surface area contributed by atoms with Crippen LogP contribution in [-0.4, -0.2) is 41.0 Å². The van der Waals surface area contributed by atoms with Gasteiger partial charge in [0.2, 0.25) is 0 Å². The van der Waals surface area contributed by atoms with Crippen molar-refractivity contribution in [2.24, 2.45) is 0 Å². The van der Waals surface area contributed by atoms with Crippen LogP contribution in [-0.2, 0) is 0 Å². The van der Waals surface area contributed by atoms with Gasteiger partial charge in [0.05, 0.1) is 16.5 Å². The zero-order valence-corrected chi connectivity index (χ0v) is 15.6. The molecule has 3 aromatic rings. The Kier molecular flexibility index (Phi) is 5.98. The number of nitro benzene ring substituents is 1. The number of ether oxygens (including phenoxy) is 1. The number of fused-ring (bicyclic) bond motifs is 1. The number of rotatable bonds is 8. The lowest BCUT2D eigenvalue weighted by Gasteiger charge is -2.19. The summed E-state index contributed by atoms with van der Waals surface area (Å²) in [6, 6.07) is 14.6. The minimum absolute atomic E-state index is 0.0183. The Morgan fingerprint density at radius 1 is 1.07 bits per heavy atom. The maximum atomic E-state index is 11.2. The van der Waals surface area contributed by atoms with Crippen LogP contribution in [0.15, 0.2) is 54.7 Å². The number of benzene rings is 2. The summed E-state index contributed by atoms with van der Waals surface area (Å²) in [6.45, 7) is 7.31. The third kappa shape index (κ3) is 4.23. The van der Waals surface area contributed by atoms with Crippen LogP contribution >= 0.6 is 0 Å². The molecule has 0 bridgehead atoms. The van der Waals surface area contributed by atoms with Gasteiger partial charge in [0.15, 0.2) is 0 Å². The van der Waals surface area contributed by atoms with E-state index < -0.39 is 4.92 Å². The monoisotopic (exact) mass is 365 g/mol. The number of hydrogen-bond donors (Lipinski definition) is 0. The standard InChI is InChI=1S/C21H23N3O3/c1-3-23(4-2)13-14-27-20-15-17(24(25)26)10-11-18(20)19-9-5-7-16-8-6-12-22-21(16)19/h5-12,15H,3-4,13-14H2,1-2H3. The van der Waals surface area contributed by atoms with Crippen molar-refractivity contribution in [1.29, 1.82) is 0 Å². The molecule has 3 rings (SSSR count). The Hall–Kier alpha value is -2.99. The van der Waals surface area contributed by atoms with Gasteiger partial charge in [-0.3, -0.25) is 15.1 Å². The van der Waals surface area contributed by atoms with Crippen LogP contribution in [0.4, 0.5) is 5.69 Å². The summed E-state index contributed by atoms with van der Waals surface area (Å²) >= 11 is 0. The van der Waals surface area contributed by atoms with Crippen LogP contribution in [0.1, 0.15) is 13.8 Å².